The molecule has 1 saturated carbocycles. The molecule has 1 saturated heterocycles. The van der Waals surface area contributed by atoms with Crippen molar-refractivity contribution in [2.24, 2.45) is 17.0 Å². The molecule has 1 aliphatic heterocycles. The zero-order chi connectivity index (χ0) is 16.6. The summed E-state index contributed by atoms with van der Waals surface area (Å²) in [5.41, 5.74) is 0.399. The Morgan fingerprint density at radius 2 is 2.09 bits per heavy atom. The van der Waals surface area contributed by atoms with Gasteiger partial charge in [-0.1, -0.05) is 0 Å². The van der Waals surface area contributed by atoms with Crippen molar-refractivity contribution in [1.82, 2.24) is 5.32 Å². The van der Waals surface area contributed by atoms with E-state index in [9.17, 15) is 13.2 Å². The normalized spacial score (nSPS) is 29.7. The molecule has 3 rings (SSSR count). The van der Waals surface area contributed by atoms with Crippen LogP contribution in [-0.2, 0) is 19.5 Å². The summed E-state index contributed by atoms with van der Waals surface area (Å²) < 4.78 is 33.4. The van der Waals surface area contributed by atoms with E-state index in [0.717, 1.165) is 6.42 Å². The first-order chi connectivity index (χ1) is 10.9. The van der Waals surface area contributed by atoms with Crippen molar-refractivity contribution in [1.29, 1.82) is 0 Å². The van der Waals surface area contributed by atoms with E-state index >= 15 is 0 Å². The summed E-state index contributed by atoms with van der Waals surface area (Å²) >= 11 is 0. The fourth-order valence-electron chi connectivity index (χ4n) is 3.47. The van der Waals surface area contributed by atoms with Crippen molar-refractivity contribution >= 4 is 15.9 Å². The van der Waals surface area contributed by atoms with E-state index in [1.54, 1.807) is 7.11 Å². The van der Waals surface area contributed by atoms with Crippen LogP contribution in [0.15, 0.2) is 29.2 Å². The van der Waals surface area contributed by atoms with E-state index in [2.05, 4.69) is 5.32 Å². The number of nitrogens with one attached hydrogen (secondary N) is 1. The second-order valence-electron chi connectivity index (χ2n) is 5.98. The highest BCUT2D eigenvalue weighted by atomic mass is 32.2. The van der Waals surface area contributed by atoms with Crippen LogP contribution in [-0.4, -0.2) is 46.8 Å². The van der Waals surface area contributed by atoms with Gasteiger partial charge in [0.2, 0.25) is 10.0 Å². The Morgan fingerprint density at radius 3 is 2.70 bits per heavy atom. The number of sulfonamides is 1. The lowest BCUT2D eigenvalue weighted by atomic mass is 9.67. The molecule has 23 heavy (non-hydrogen) atoms. The molecule has 7 nitrogen and oxygen atoms in total. The second kappa shape index (κ2) is 6.20. The number of ether oxygens (including phenoxy) is 2. The molecule has 4 atom stereocenters. The largest absolute Gasteiger partial charge is 0.384 e. The molecule has 0 unspecified atom stereocenters. The summed E-state index contributed by atoms with van der Waals surface area (Å²) in [6, 6.07) is 5.61. The number of fused-ring (bicyclic) bond motifs is 1. The molecular formula is C15H20N2O5S. The zero-order valence-electron chi connectivity index (χ0n) is 12.8. The highest BCUT2D eigenvalue weighted by Gasteiger charge is 2.54. The maximum Gasteiger partial charge on any atom is 0.251 e. The minimum Gasteiger partial charge on any atom is -0.384 e. The predicted octanol–water partition coefficient (Wildman–Crippen LogP) is 0.114. The van der Waals surface area contributed by atoms with Crippen LogP contribution in [0.4, 0.5) is 0 Å². The monoisotopic (exact) mass is 340 g/mol. The number of primary sulfonamides is 1. The molecule has 1 aliphatic carbocycles. The number of nitrogens with two attached hydrogens (primary N) is 1. The zero-order valence-corrected chi connectivity index (χ0v) is 13.6. The van der Waals surface area contributed by atoms with Crippen LogP contribution < -0.4 is 10.5 Å². The average molecular weight is 340 g/mol. The molecule has 2 fully saturated rings. The van der Waals surface area contributed by atoms with Gasteiger partial charge >= 0.3 is 0 Å². The summed E-state index contributed by atoms with van der Waals surface area (Å²) in [5, 5.41) is 8.07. The van der Waals surface area contributed by atoms with Crippen molar-refractivity contribution in [2.45, 2.75) is 23.5 Å². The number of carbonyl (C=O) groups is 1. The smallest absolute Gasteiger partial charge is 0.251 e. The molecular weight excluding hydrogens is 320 g/mol. The first kappa shape index (κ1) is 16.4. The summed E-state index contributed by atoms with van der Waals surface area (Å²) in [6.07, 6.45) is 1.09. The Morgan fingerprint density at radius 1 is 1.39 bits per heavy atom. The van der Waals surface area contributed by atoms with Gasteiger partial charge in [-0.2, -0.15) is 0 Å². The Hall–Kier alpha value is -1.48. The number of rotatable bonds is 5. The standard InChI is InChI=1S/C15H20N2O5S/c1-21-8-12-13(11-6-7-22-14(11)12)17-15(18)9-2-4-10(5-3-9)23(16,19)20/h2-5,11-14H,6-8H2,1H3,(H,17,18)(H2,16,19,20)/t11-,12+,13+,14-/m0/s1. The SMILES string of the molecule is COC[C@@H]1[C@H](NC(=O)c2ccc(S(N)(=O)=O)cc2)[C@@H]2CCO[C@H]12. The first-order valence-corrected chi connectivity index (χ1v) is 9.00. The van der Waals surface area contributed by atoms with Crippen molar-refractivity contribution in [3.63, 3.8) is 0 Å². The fraction of sp³-hybridized carbons (Fsp3) is 0.533. The number of hydrogen-bond donors (Lipinski definition) is 2. The van der Waals surface area contributed by atoms with Gasteiger partial charge in [0, 0.05) is 37.2 Å². The van der Waals surface area contributed by atoms with Gasteiger partial charge in [0.25, 0.3) is 5.91 Å². The fourth-order valence-corrected chi connectivity index (χ4v) is 3.98. The molecule has 0 spiro atoms. The quantitative estimate of drug-likeness (QED) is 0.791. The van der Waals surface area contributed by atoms with Gasteiger partial charge in [-0.25, -0.2) is 13.6 Å². The highest BCUT2D eigenvalue weighted by molar-refractivity contribution is 7.89. The minimum absolute atomic E-state index is 0.0146. The lowest BCUT2D eigenvalue weighted by molar-refractivity contribution is -0.0809. The van der Waals surface area contributed by atoms with Crippen LogP contribution in [0.2, 0.25) is 0 Å². The van der Waals surface area contributed by atoms with Gasteiger partial charge in [-0.05, 0) is 30.7 Å². The molecule has 8 heteroatoms. The Balaban J connectivity index is 1.69. The lowest BCUT2D eigenvalue weighted by Gasteiger charge is -2.47. The number of amides is 1. The minimum atomic E-state index is -3.75. The topological polar surface area (TPSA) is 108 Å². The number of carbonyl (C=O) groups excluding carboxylic acids is 1. The summed E-state index contributed by atoms with van der Waals surface area (Å²) in [7, 11) is -2.12. The van der Waals surface area contributed by atoms with Gasteiger partial charge in [0.05, 0.1) is 17.6 Å². The van der Waals surface area contributed by atoms with Gasteiger partial charge < -0.3 is 14.8 Å². The van der Waals surface area contributed by atoms with Crippen molar-refractivity contribution < 1.29 is 22.7 Å². The van der Waals surface area contributed by atoms with Crippen LogP contribution in [0, 0.1) is 11.8 Å². The molecule has 1 aromatic carbocycles. The third-order valence-corrected chi connectivity index (χ3v) is 5.56. The third-order valence-electron chi connectivity index (χ3n) is 4.63. The van der Waals surface area contributed by atoms with E-state index in [1.807, 2.05) is 0 Å². The summed E-state index contributed by atoms with van der Waals surface area (Å²) in [6.45, 7) is 1.25. The van der Waals surface area contributed by atoms with Crippen LogP contribution in [0.25, 0.3) is 0 Å². The van der Waals surface area contributed by atoms with E-state index in [-0.39, 0.29) is 28.9 Å². The maximum absolute atomic E-state index is 12.4. The number of methoxy groups -OCH3 is 1. The maximum atomic E-state index is 12.4. The Kier molecular flexibility index (Phi) is 4.41. The molecule has 0 bridgehead atoms. The predicted molar refractivity (Wildman–Crippen MR) is 82.3 cm³/mol. The van der Waals surface area contributed by atoms with Crippen LogP contribution in [0.3, 0.4) is 0 Å². The van der Waals surface area contributed by atoms with Crippen LogP contribution in [0.1, 0.15) is 16.8 Å². The Labute approximate surface area is 135 Å². The van der Waals surface area contributed by atoms with Crippen molar-refractivity contribution in [3.05, 3.63) is 29.8 Å². The van der Waals surface area contributed by atoms with Crippen LogP contribution >= 0.6 is 0 Å². The van der Waals surface area contributed by atoms with Gasteiger partial charge in [0.1, 0.15) is 0 Å². The number of hydrogen-bond acceptors (Lipinski definition) is 5. The first-order valence-electron chi connectivity index (χ1n) is 7.46. The van der Waals surface area contributed by atoms with E-state index in [4.69, 9.17) is 14.6 Å². The molecule has 1 heterocycles. The molecule has 3 N–H and O–H groups in total. The summed E-state index contributed by atoms with van der Waals surface area (Å²) in [4.78, 5) is 12.4. The lowest BCUT2D eigenvalue weighted by Crippen LogP contribution is -2.62. The van der Waals surface area contributed by atoms with Gasteiger partial charge in [0.15, 0.2) is 0 Å². The van der Waals surface area contributed by atoms with Gasteiger partial charge in [-0.15, -0.1) is 0 Å². The van der Waals surface area contributed by atoms with Crippen molar-refractivity contribution in [3.8, 4) is 0 Å². The molecule has 0 radical (unpaired) electrons. The van der Waals surface area contributed by atoms with E-state index < -0.39 is 10.0 Å². The average Bonchev–Trinajstić information content (AvgIpc) is 2.94. The number of benzene rings is 1. The summed E-state index contributed by atoms with van der Waals surface area (Å²) in [5.74, 6) is 0.241. The molecule has 0 aromatic heterocycles. The van der Waals surface area contributed by atoms with Crippen molar-refractivity contribution in [2.75, 3.05) is 20.3 Å². The Bertz CT molecular complexity index is 688. The van der Waals surface area contributed by atoms with Gasteiger partial charge in [-0.3, -0.25) is 4.79 Å². The molecule has 1 amide bonds. The molecule has 2 aliphatic rings. The van der Waals surface area contributed by atoms with Crippen LogP contribution in [0.5, 0.6) is 0 Å². The molecule has 1 aromatic rings. The second-order valence-corrected chi connectivity index (χ2v) is 7.54. The highest BCUT2D eigenvalue weighted by Crippen LogP contribution is 2.43. The third kappa shape index (κ3) is 3.12. The molecule has 126 valence electrons. The van der Waals surface area contributed by atoms with E-state index in [1.165, 1.54) is 24.3 Å². The van der Waals surface area contributed by atoms with E-state index in [0.29, 0.717) is 24.7 Å².